The third-order valence-electron chi connectivity index (χ3n) is 0.586. The van der Waals surface area contributed by atoms with Crippen LogP contribution >= 0.6 is 0 Å². The van der Waals surface area contributed by atoms with Crippen molar-refractivity contribution in [1.82, 2.24) is 5.43 Å². The molecule has 1 unspecified atom stereocenters. The molecule has 1 aliphatic rings. The molecule has 4 heteroatoms. The molecule has 1 rings (SSSR count). The van der Waals surface area contributed by atoms with Gasteiger partial charge in [-0.15, -0.1) is 5.10 Å². The van der Waals surface area contributed by atoms with Gasteiger partial charge in [-0.05, 0) is 0 Å². The van der Waals surface area contributed by atoms with Gasteiger partial charge in [0.15, 0.2) is 12.7 Å². The van der Waals surface area contributed by atoms with Gasteiger partial charge in [-0.1, -0.05) is 0 Å². The number of rotatable bonds is 1. The number of carbonyl (C=O) groups is 1. The van der Waals surface area contributed by atoms with Crippen LogP contribution in [-0.4, -0.2) is 18.9 Å². The smallest absolute Gasteiger partial charge is 0.242 e. The van der Waals surface area contributed by atoms with Gasteiger partial charge in [0.1, 0.15) is 0 Å². The standard InChI is InChI=1S/C3H4N2O2/c6-1-3-5-4-2-7-3/h1-3,5H. The summed E-state index contributed by atoms with van der Waals surface area (Å²) in [6, 6.07) is 0. The van der Waals surface area contributed by atoms with Crippen molar-refractivity contribution in [3.8, 4) is 0 Å². The average molecular weight is 100 g/mol. The third kappa shape index (κ3) is 0.677. The van der Waals surface area contributed by atoms with E-state index in [-0.39, 0.29) is 0 Å². The molecular weight excluding hydrogens is 96.0 g/mol. The van der Waals surface area contributed by atoms with Gasteiger partial charge in [-0.3, -0.25) is 10.2 Å². The topological polar surface area (TPSA) is 50.7 Å². The van der Waals surface area contributed by atoms with Crippen LogP contribution in [0.1, 0.15) is 0 Å². The maximum Gasteiger partial charge on any atom is 0.242 e. The number of carbonyl (C=O) groups excluding carboxylic acids is 1. The molecule has 0 radical (unpaired) electrons. The van der Waals surface area contributed by atoms with Crippen LogP contribution in [0.5, 0.6) is 0 Å². The average Bonchev–Trinajstić information content (AvgIpc) is 2.14. The minimum absolute atomic E-state index is 0.556. The first-order valence-corrected chi connectivity index (χ1v) is 1.81. The van der Waals surface area contributed by atoms with Crippen molar-refractivity contribution in [2.45, 2.75) is 6.23 Å². The molecule has 7 heavy (non-hydrogen) atoms. The molecule has 1 heterocycles. The second-order valence-corrected chi connectivity index (χ2v) is 1.06. The quantitative estimate of drug-likeness (QED) is 0.433. The van der Waals surface area contributed by atoms with Crippen molar-refractivity contribution in [3.05, 3.63) is 0 Å². The molecule has 38 valence electrons. The van der Waals surface area contributed by atoms with Gasteiger partial charge in [-0.25, -0.2) is 0 Å². The number of hydrogen-bond acceptors (Lipinski definition) is 4. The zero-order chi connectivity index (χ0) is 5.11. The predicted molar refractivity (Wildman–Crippen MR) is 22.6 cm³/mol. The van der Waals surface area contributed by atoms with Crippen LogP contribution in [0.4, 0.5) is 0 Å². The van der Waals surface area contributed by atoms with Crippen molar-refractivity contribution in [3.63, 3.8) is 0 Å². The van der Waals surface area contributed by atoms with Crippen molar-refractivity contribution < 1.29 is 9.53 Å². The van der Waals surface area contributed by atoms with E-state index in [0.29, 0.717) is 6.29 Å². The summed E-state index contributed by atoms with van der Waals surface area (Å²) < 4.78 is 4.53. The second-order valence-electron chi connectivity index (χ2n) is 1.06. The van der Waals surface area contributed by atoms with E-state index < -0.39 is 6.23 Å². The molecule has 4 nitrogen and oxygen atoms in total. The minimum Gasteiger partial charge on any atom is -0.450 e. The summed E-state index contributed by atoms with van der Waals surface area (Å²) in [4.78, 5) is 9.74. The van der Waals surface area contributed by atoms with Gasteiger partial charge in [0, 0.05) is 0 Å². The highest BCUT2D eigenvalue weighted by atomic mass is 16.5. The molecule has 0 aromatic carbocycles. The monoisotopic (exact) mass is 100 g/mol. The number of aldehydes is 1. The molecule has 0 aromatic rings. The number of ether oxygens (including phenoxy) is 1. The van der Waals surface area contributed by atoms with Crippen LogP contribution in [0.3, 0.4) is 0 Å². The first kappa shape index (κ1) is 4.11. The Bertz CT molecular complexity index is 93.1. The van der Waals surface area contributed by atoms with E-state index in [4.69, 9.17) is 0 Å². The number of hydrazone groups is 1. The van der Waals surface area contributed by atoms with Crippen LogP contribution in [-0.2, 0) is 9.53 Å². The third-order valence-corrected chi connectivity index (χ3v) is 0.586. The maximum absolute atomic E-state index is 9.74. The van der Waals surface area contributed by atoms with Gasteiger partial charge in [0.25, 0.3) is 0 Å². The van der Waals surface area contributed by atoms with Gasteiger partial charge >= 0.3 is 0 Å². The maximum atomic E-state index is 9.74. The largest absolute Gasteiger partial charge is 0.450 e. The van der Waals surface area contributed by atoms with Crippen molar-refractivity contribution in [1.29, 1.82) is 0 Å². The molecule has 0 saturated heterocycles. The molecule has 0 spiro atoms. The minimum atomic E-state index is -0.556. The van der Waals surface area contributed by atoms with Gasteiger partial charge < -0.3 is 4.74 Å². The Balaban J connectivity index is 2.35. The van der Waals surface area contributed by atoms with Crippen LogP contribution in [0.2, 0.25) is 0 Å². The Morgan fingerprint density at radius 2 is 2.86 bits per heavy atom. The summed E-state index contributed by atoms with van der Waals surface area (Å²) in [5, 5.41) is 3.41. The van der Waals surface area contributed by atoms with Crippen LogP contribution in [0, 0.1) is 0 Å². The predicted octanol–water partition coefficient (Wildman–Crippen LogP) is -0.926. The Labute approximate surface area is 40.2 Å². The number of hydrogen-bond donors (Lipinski definition) is 1. The van der Waals surface area contributed by atoms with E-state index >= 15 is 0 Å². The highest BCUT2D eigenvalue weighted by molar-refractivity contribution is 5.61. The molecule has 1 atom stereocenters. The van der Waals surface area contributed by atoms with E-state index in [1.165, 1.54) is 6.40 Å². The molecule has 0 saturated carbocycles. The van der Waals surface area contributed by atoms with Gasteiger partial charge in [-0.2, -0.15) is 0 Å². The highest BCUT2D eigenvalue weighted by Gasteiger charge is 2.06. The molecule has 0 fully saturated rings. The van der Waals surface area contributed by atoms with Crippen LogP contribution in [0.15, 0.2) is 5.10 Å². The first-order chi connectivity index (χ1) is 3.43. The lowest BCUT2D eigenvalue weighted by atomic mass is 10.7. The fourth-order valence-electron chi connectivity index (χ4n) is 0.293. The Morgan fingerprint density at radius 1 is 2.00 bits per heavy atom. The van der Waals surface area contributed by atoms with E-state index in [0.717, 1.165) is 0 Å². The summed E-state index contributed by atoms with van der Waals surface area (Å²) in [6.07, 6.45) is 1.27. The fourth-order valence-corrected chi connectivity index (χ4v) is 0.293. The Kier molecular flexibility index (Phi) is 0.934. The summed E-state index contributed by atoms with van der Waals surface area (Å²) in [6.45, 7) is 0. The van der Waals surface area contributed by atoms with Gasteiger partial charge in [0.2, 0.25) is 6.23 Å². The normalized spacial score (nSPS) is 26.0. The molecule has 0 amide bonds. The van der Waals surface area contributed by atoms with Crippen molar-refractivity contribution >= 4 is 12.7 Å². The lowest BCUT2D eigenvalue weighted by Crippen LogP contribution is -2.21. The van der Waals surface area contributed by atoms with Crippen molar-refractivity contribution in [2.24, 2.45) is 5.10 Å². The highest BCUT2D eigenvalue weighted by Crippen LogP contribution is 1.84. The summed E-state index contributed by atoms with van der Waals surface area (Å²) in [5.74, 6) is 0. The first-order valence-electron chi connectivity index (χ1n) is 1.81. The molecular formula is C3H4N2O2. The van der Waals surface area contributed by atoms with Crippen LogP contribution < -0.4 is 5.43 Å². The molecule has 1 aliphatic heterocycles. The van der Waals surface area contributed by atoms with E-state index in [1.54, 1.807) is 0 Å². The fraction of sp³-hybridized carbons (Fsp3) is 0.333. The SMILES string of the molecule is O=CC1NN=CO1. The van der Waals surface area contributed by atoms with E-state index in [1.807, 2.05) is 0 Å². The second kappa shape index (κ2) is 1.59. The molecule has 0 bridgehead atoms. The number of nitrogens with zero attached hydrogens (tertiary/aromatic N) is 1. The summed E-state index contributed by atoms with van der Waals surface area (Å²) in [5.41, 5.74) is 2.39. The van der Waals surface area contributed by atoms with Crippen molar-refractivity contribution in [2.75, 3.05) is 0 Å². The lowest BCUT2D eigenvalue weighted by Gasteiger charge is -1.95. The van der Waals surface area contributed by atoms with E-state index in [9.17, 15) is 4.79 Å². The van der Waals surface area contributed by atoms with E-state index in [2.05, 4.69) is 15.3 Å². The Hall–Kier alpha value is -1.06. The zero-order valence-corrected chi connectivity index (χ0v) is 3.50. The number of nitrogens with one attached hydrogen (secondary N) is 1. The molecule has 0 aliphatic carbocycles. The summed E-state index contributed by atoms with van der Waals surface area (Å²) in [7, 11) is 0. The van der Waals surface area contributed by atoms with Gasteiger partial charge in [0.05, 0.1) is 0 Å². The van der Waals surface area contributed by atoms with Crippen LogP contribution in [0.25, 0.3) is 0 Å². The Morgan fingerprint density at radius 3 is 3.14 bits per heavy atom. The summed E-state index contributed by atoms with van der Waals surface area (Å²) >= 11 is 0. The molecule has 0 aromatic heterocycles. The molecule has 1 N–H and O–H groups in total. The lowest BCUT2D eigenvalue weighted by molar-refractivity contribution is -0.114. The zero-order valence-electron chi connectivity index (χ0n) is 3.50.